The summed E-state index contributed by atoms with van der Waals surface area (Å²) in [6.45, 7) is 6.87. The molecule has 5 heteroatoms. The highest BCUT2D eigenvalue weighted by atomic mass is 35.5. The monoisotopic (exact) mass is 312 g/mol. The van der Waals surface area contributed by atoms with Gasteiger partial charge in [0, 0.05) is 15.9 Å². The fraction of sp³-hybridized carbons (Fsp3) is 0.400. The summed E-state index contributed by atoms with van der Waals surface area (Å²) in [6.07, 6.45) is 0.597. The number of aromatic nitrogens is 1. The lowest BCUT2D eigenvalue weighted by atomic mass is 10.0. The van der Waals surface area contributed by atoms with Crippen LogP contribution in [-0.4, -0.2) is 11.5 Å². The van der Waals surface area contributed by atoms with Crippen molar-refractivity contribution < 1.29 is 4.39 Å². The van der Waals surface area contributed by atoms with Crippen molar-refractivity contribution in [1.29, 1.82) is 0 Å². The quantitative estimate of drug-likeness (QED) is 0.882. The number of rotatable bonds is 5. The van der Waals surface area contributed by atoms with Crippen molar-refractivity contribution in [2.24, 2.45) is 0 Å². The molecular formula is C15H18ClFN2S. The predicted molar refractivity (Wildman–Crippen MR) is 83.1 cm³/mol. The molecule has 108 valence electrons. The second kappa shape index (κ2) is 6.66. The minimum atomic E-state index is -0.251. The van der Waals surface area contributed by atoms with Crippen LogP contribution in [0.2, 0.25) is 5.02 Å². The first kappa shape index (κ1) is 15.4. The van der Waals surface area contributed by atoms with Crippen LogP contribution in [0.1, 0.15) is 34.1 Å². The van der Waals surface area contributed by atoms with E-state index in [0.717, 1.165) is 17.2 Å². The van der Waals surface area contributed by atoms with Crippen molar-refractivity contribution in [3.8, 4) is 0 Å². The van der Waals surface area contributed by atoms with Crippen molar-refractivity contribution >= 4 is 22.9 Å². The van der Waals surface area contributed by atoms with Crippen molar-refractivity contribution in [2.75, 3.05) is 6.54 Å². The zero-order valence-electron chi connectivity index (χ0n) is 11.8. The maximum absolute atomic E-state index is 13.9. The summed E-state index contributed by atoms with van der Waals surface area (Å²) in [7, 11) is 0. The molecule has 1 unspecified atom stereocenters. The molecule has 0 spiro atoms. The van der Waals surface area contributed by atoms with Crippen molar-refractivity contribution in [2.45, 2.75) is 33.2 Å². The largest absolute Gasteiger partial charge is 0.309 e. The van der Waals surface area contributed by atoms with E-state index >= 15 is 0 Å². The van der Waals surface area contributed by atoms with Gasteiger partial charge in [0.2, 0.25) is 0 Å². The molecule has 20 heavy (non-hydrogen) atoms. The highest BCUT2D eigenvalue weighted by Crippen LogP contribution is 2.28. The Labute approximate surface area is 128 Å². The first-order valence-electron chi connectivity index (χ1n) is 6.62. The fourth-order valence-corrected chi connectivity index (χ4v) is 3.44. The molecule has 1 aromatic carbocycles. The van der Waals surface area contributed by atoms with Gasteiger partial charge in [-0.25, -0.2) is 9.37 Å². The van der Waals surface area contributed by atoms with E-state index in [0.29, 0.717) is 17.0 Å². The first-order valence-corrected chi connectivity index (χ1v) is 7.82. The molecule has 0 saturated carbocycles. The molecule has 0 radical (unpaired) electrons. The standard InChI is InChI=1S/C15H18ClFN2S/c1-4-18-14(15-9(2)19-10(3)20-15)7-11-5-6-12(16)8-13(11)17/h5-6,8,14,18H,4,7H2,1-3H3. The SMILES string of the molecule is CCNC(Cc1ccc(Cl)cc1F)c1sc(C)nc1C. The van der Waals surface area contributed by atoms with E-state index in [4.69, 9.17) is 11.6 Å². The lowest BCUT2D eigenvalue weighted by molar-refractivity contribution is 0.532. The number of aryl methyl sites for hydroxylation is 2. The van der Waals surface area contributed by atoms with Crippen LogP contribution in [0.4, 0.5) is 4.39 Å². The molecule has 0 amide bonds. The van der Waals surface area contributed by atoms with Crippen LogP contribution in [0.15, 0.2) is 18.2 Å². The average molecular weight is 313 g/mol. The Morgan fingerprint density at radius 1 is 1.40 bits per heavy atom. The molecule has 2 rings (SSSR count). The van der Waals surface area contributed by atoms with Gasteiger partial charge in [-0.15, -0.1) is 11.3 Å². The molecule has 2 aromatic rings. The molecule has 1 N–H and O–H groups in total. The maximum Gasteiger partial charge on any atom is 0.127 e. The smallest absolute Gasteiger partial charge is 0.127 e. The number of benzene rings is 1. The van der Waals surface area contributed by atoms with E-state index in [1.54, 1.807) is 23.5 Å². The van der Waals surface area contributed by atoms with Crippen LogP contribution in [0.3, 0.4) is 0 Å². The van der Waals surface area contributed by atoms with Crippen molar-refractivity contribution in [3.63, 3.8) is 0 Å². The highest BCUT2D eigenvalue weighted by Gasteiger charge is 2.18. The van der Waals surface area contributed by atoms with E-state index in [1.165, 1.54) is 10.9 Å². The second-order valence-corrected chi connectivity index (χ2v) is 6.40. The Morgan fingerprint density at radius 3 is 2.70 bits per heavy atom. The Bertz CT molecular complexity index is 598. The van der Waals surface area contributed by atoms with E-state index in [9.17, 15) is 4.39 Å². The zero-order valence-corrected chi connectivity index (χ0v) is 13.4. The summed E-state index contributed by atoms with van der Waals surface area (Å²) < 4.78 is 13.9. The van der Waals surface area contributed by atoms with Crippen LogP contribution in [0, 0.1) is 19.7 Å². The molecule has 0 saturated heterocycles. The highest BCUT2D eigenvalue weighted by molar-refractivity contribution is 7.11. The van der Waals surface area contributed by atoms with Crippen LogP contribution in [0.25, 0.3) is 0 Å². The molecule has 1 heterocycles. The summed E-state index contributed by atoms with van der Waals surface area (Å²) >= 11 is 7.47. The van der Waals surface area contributed by atoms with E-state index < -0.39 is 0 Å². The molecule has 1 aromatic heterocycles. The number of halogens is 2. The molecule has 0 aliphatic rings. The van der Waals surface area contributed by atoms with Crippen LogP contribution >= 0.6 is 22.9 Å². The summed E-state index contributed by atoms with van der Waals surface area (Å²) in [6, 6.07) is 4.94. The Balaban J connectivity index is 2.27. The van der Waals surface area contributed by atoms with Gasteiger partial charge in [0.25, 0.3) is 0 Å². The van der Waals surface area contributed by atoms with Gasteiger partial charge in [0.05, 0.1) is 10.7 Å². The third-order valence-electron chi connectivity index (χ3n) is 3.15. The lowest BCUT2D eigenvalue weighted by Crippen LogP contribution is -2.23. The zero-order chi connectivity index (χ0) is 14.7. The van der Waals surface area contributed by atoms with Gasteiger partial charge in [0.1, 0.15) is 5.82 Å². The van der Waals surface area contributed by atoms with Gasteiger partial charge in [-0.05, 0) is 44.5 Å². The molecule has 1 atom stereocenters. The number of nitrogens with one attached hydrogen (secondary N) is 1. The third kappa shape index (κ3) is 3.57. The maximum atomic E-state index is 13.9. The second-order valence-electron chi connectivity index (χ2n) is 4.73. The van der Waals surface area contributed by atoms with Gasteiger partial charge >= 0.3 is 0 Å². The van der Waals surface area contributed by atoms with E-state index in [2.05, 4.69) is 17.2 Å². The van der Waals surface area contributed by atoms with Gasteiger partial charge in [0.15, 0.2) is 0 Å². The molecule has 0 aliphatic heterocycles. The number of hydrogen-bond acceptors (Lipinski definition) is 3. The Morgan fingerprint density at radius 2 is 2.15 bits per heavy atom. The average Bonchev–Trinajstić information content (AvgIpc) is 2.71. The van der Waals surface area contributed by atoms with E-state index in [-0.39, 0.29) is 11.9 Å². The molecular weight excluding hydrogens is 295 g/mol. The van der Waals surface area contributed by atoms with Crippen molar-refractivity contribution in [3.05, 3.63) is 50.2 Å². The summed E-state index contributed by atoms with van der Waals surface area (Å²) in [5.41, 5.74) is 1.69. The number of thiazole rings is 1. The van der Waals surface area contributed by atoms with Gasteiger partial charge in [-0.2, -0.15) is 0 Å². The summed E-state index contributed by atoms with van der Waals surface area (Å²) in [5.74, 6) is -0.251. The summed E-state index contributed by atoms with van der Waals surface area (Å²) in [4.78, 5) is 5.64. The number of likely N-dealkylation sites (N-methyl/N-ethyl adjacent to an activating group) is 1. The third-order valence-corrected chi connectivity index (χ3v) is 4.57. The van der Waals surface area contributed by atoms with Gasteiger partial charge < -0.3 is 5.32 Å². The van der Waals surface area contributed by atoms with Crippen LogP contribution < -0.4 is 5.32 Å². The molecule has 2 nitrogen and oxygen atoms in total. The number of nitrogens with zero attached hydrogens (tertiary/aromatic N) is 1. The first-order chi connectivity index (χ1) is 9.51. The predicted octanol–water partition coefficient (Wildman–Crippen LogP) is 4.45. The molecule has 0 aliphatic carbocycles. The minimum Gasteiger partial charge on any atom is -0.309 e. The minimum absolute atomic E-state index is 0.0851. The summed E-state index contributed by atoms with van der Waals surface area (Å²) in [5, 5.41) is 4.88. The Kier molecular flexibility index (Phi) is 5.13. The fourth-order valence-electron chi connectivity index (χ4n) is 2.28. The normalized spacial score (nSPS) is 12.7. The van der Waals surface area contributed by atoms with E-state index in [1.807, 2.05) is 13.8 Å². The van der Waals surface area contributed by atoms with Gasteiger partial charge in [-0.1, -0.05) is 24.6 Å². The molecule has 0 bridgehead atoms. The molecule has 0 fully saturated rings. The van der Waals surface area contributed by atoms with Crippen LogP contribution in [0.5, 0.6) is 0 Å². The lowest BCUT2D eigenvalue weighted by Gasteiger charge is -2.17. The van der Waals surface area contributed by atoms with Gasteiger partial charge in [-0.3, -0.25) is 0 Å². The topological polar surface area (TPSA) is 24.9 Å². The Hall–Kier alpha value is -0.970. The van der Waals surface area contributed by atoms with Crippen molar-refractivity contribution in [1.82, 2.24) is 10.3 Å². The number of hydrogen-bond donors (Lipinski definition) is 1. The van der Waals surface area contributed by atoms with Crippen LogP contribution in [-0.2, 0) is 6.42 Å².